The van der Waals surface area contributed by atoms with E-state index in [1.807, 2.05) is 12.1 Å². The summed E-state index contributed by atoms with van der Waals surface area (Å²) in [6.07, 6.45) is 5.13. The standard InChI is InChI=1S/C11H15N5O/c1-17-10-3-2-4-13-11(10)14-5-6-16-8-9(12)7-15-16/h2-4,7-8H,5-6,12H2,1H3,(H,13,14). The molecule has 0 unspecified atom stereocenters. The van der Waals surface area contributed by atoms with E-state index in [0.717, 1.165) is 18.1 Å². The number of nitrogens with zero attached hydrogens (tertiary/aromatic N) is 3. The van der Waals surface area contributed by atoms with Gasteiger partial charge in [-0.25, -0.2) is 4.98 Å². The van der Waals surface area contributed by atoms with Crippen molar-refractivity contribution in [3.8, 4) is 5.75 Å². The second-order valence-corrected chi connectivity index (χ2v) is 3.52. The zero-order chi connectivity index (χ0) is 12.1. The maximum atomic E-state index is 5.57. The highest BCUT2D eigenvalue weighted by molar-refractivity contribution is 5.49. The van der Waals surface area contributed by atoms with Crippen LogP contribution in [-0.2, 0) is 6.54 Å². The highest BCUT2D eigenvalue weighted by Crippen LogP contribution is 2.19. The Morgan fingerprint density at radius 1 is 1.53 bits per heavy atom. The molecule has 2 aromatic rings. The van der Waals surface area contributed by atoms with Gasteiger partial charge in [-0.15, -0.1) is 0 Å². The highest BCUT2D eigenvalue weighted by Gasteiger charge is 2.02. The third kappa shape index (κ3) is 2.87. The molecule has 3 N–H and O–H groups in total. The van der Waals surface area contributed by atoms with E-state index in [9.17, 15) is 0 Å². The van der Waals surface area contributed by atoms with Crippen LogP contribution in [-0.4, -0.2) is 28.4 Å². The minimum absolute atomic E-state index is 0.667. The van der Waals surface area contributed by atoms with Gasteiger partial charge in [-0.2, -0.15) is 5.10 Å². The molecular formula is C11H15N5O. The van der Waals surface area contributed by atoms with Gasteiger partial charge in [0.25, 0.3) is 0 Å². The number of hydrogen-bond acceptors (Lipinski definition) is 5. The van der Waals surface area contributed by atoms with Gasteiger partial charge in [0.15, 0.2) is 11.6 Å². The third-order valence-corrected chi connectivity index (χ3v) is 2.28. The quantitative estimate of drug-likeness (QED) is 0.805. The average Bonchev–Trinajstić information content (AvgIpc) is 2.76. The van der Waals surface area contributed by atoms with Crippen LogP contribution >= 0.6 is 0 Å². The number of rotatable bonds is 5. The molecule has 0 spiro atoms. The van der Waals surface area contributed by atoms with Crippen LogP contribution in [0.5, 0.6) is 5.75 Å². The number of pyridine rings is 1. The van der Waals surface area contributed by atoms with E-state index < -0.39 is 0 Å². The molecule has 0 aromatic carbocycles. The number of nitrogens with two attached hydrogens (primary N) is 1. The van der Waals surface area contributed by atoms with E-state index in [-0.39, 0.29) is 0 Å². The zero-order valence-electron chi connectivity index (χ0n) is 9.63. The van der Waals surface area contributed by atoms with Crippen LogP contribution in [0, 0.1) is 0 Å². The molecule has 0 radical (unpaired) electrons. The topological polar surface area (TPSA) is 78.0 Å². The summed E-state index contributed by atoms with van der Waals surface area (Å²) in [6.45, 7) is 1.42. The van der Waals surface area contributed by atoms with Gasteiger partial charge in [0.1, 0.15) is 0 Å². The van der Waals surface area contributed by atoms with Crippen LogP contribution in [0.25, 0.3) is 0 Å². The highest BCUT2D eigenvalue weighted by atomic mass is 16.5. The Hall–Kier alpha value is -2.24. The second-order valence-electron chi connectivity index (χ2n) is 3.52. The smallest absolute Gasteiger partial charge is 0.168 e. The largest absolute Gasteiger partial charge is 0.493 e. The molecule has 2 rings (SSSR count). The summed E-state index contributed by atoms with van der Waals surface area (Å²) in [6, 6.07) is 3.69. The van der Waals surface area contributed by atoms with Crippen molar-refractivity contribution in [3.63, 3.8) is 0 Å². The number of anilines is 2. The van der Waals surface area contributed by atoms with Crippen LogP contribution in [0.15, 0.2) is 30.7 Å². The van der Waals surface area contributed by atoms with E-state index in [1.54, 1.807) is 30.4 Å². The van der Waals surface area contributed by atoms with Crippen LogP contribution in [0.2, 0.25) is 0 Å². The van der Waals surface area contributed by atoms with Gasteiger partial charge >= 0.3 is 0 Å². The molecular weight excluding hydrogens is 218 g/mol. The molecule has 17 heavy (non-hydrogen) atoms. The van der Waals surface area contributed by atoms with E-state index >= 15 is 0 Å². The summed E-state index contributed by atoms with van der Waals surface area (Å²) in [4.78, 5) is 4.20. The van der Waals surface area contributed by atoms with Crippen molar-refractivity contribution < 1.29 is 4.74 Å². The minimum Gasteiger partial charge on any atom is -0.493 e. The fourth-order valence-corrected chi connectivity index (χ4v) is 1.48. The molecule has 2 aromatic heterocycles. The second kappa shape index (κ2) is 5.20. The van der Waals surface area contributed by atoms with Crippen LogP contribution in [0.4, 0.5) is 11.5 Å². The van der Waals surface area contributed by atoms with Gasteiger partial charge in [-0.3, -0.25) is 4.68 Å². The number of hydrogen-bond donors (Lipinski definition) is 2. The first-order valence-electron chi connectivity index (χ1n) is 5.30. The Morgan fingerprint density at radius 2 is 2.41 bits per heavy atom. The molecule has 0 amide bonds. The number of nitrogen functional groups attached to an aromatic ring is 1. The summed E-state index contributed by atoms with van der Waals surface area (Å²) >= 11 is 0. The first-order valence-corrected chi connectivity index (χ1v) is 5.30. The first-order chi connectivity index (χ1) is 8.29. The Kier molecular flexibility index (Phi) is 3.44. The molecule has 0 aliphatic rings. The van der Waals surface area contributed by atoms with Crippen molar-refractivity contribution in [3.05, 3.63) is 30.7 Å². The molecule has 90 valence electrons. The van der Waals surface area contributed by atoms with Crippen molar-refractivity contribution in [2.75, 3.05) is 24.7 Å². The summed E-state index contributed by atoms with van der Waals surface area (Å²) < 4.78 is 6.96. The Labute approximate surface area is 99.4 Å². The van der Waals surface area contributed by atoms with E-state index in [0.29, 0.717) is 12.2 Å². The Bertz CT molecular complexity index is 482. The molecule has 0 saturated carbocycles. The van der Waals surface area contributed by atoms with Crippen LogP contribution in [0.3, 0.4) is 0 Å². The summed E-state index contributed by atoms with van der Waals surface area (Å²) in [5, 5.41) is 7.27. The summed E-state index contributed by atoms with van der Waals surface area (Å²) in [5.74, 6) is 1.46. The Balaban J connectivity index is 1.89. The van der Waals surface area contributed by atoms with Crippen molar-refractivity contribution in [1.29, 1.82) is 0 Å². The van der Waals surface area contributed by atoms with Crippen LogP contribution in [0.1, 0.15) is 0 Å². The molecule has 6 heteroatoms. The molecule has 0 atom stereocenters. The fourth-order valence-electron chi connectivity index (χ4n) is 1.48. The maximum absolute atomic E-state index is 5.57. The van der Waals surface area contributed by atoms with Crippen molar-refractivity contribution in [1.82, 2.24) is 14.8 Å². The van der Waals surface area contributed by atoms with Gasteiger partial charge < -0.3 is 15.8 Å². The summed E-state index contributed by atoms with van der Waals surface area (Å²) in [7, 11) is 1.62. The van der Waals surface area contributed by atoms with Gasteiger partial charge in [0.05, 0.1) is 25.5 Å². The van der Waals surface area contributed by atoms with Crippen LogP contribution < -0.4 is 15.8 Å². The lowest BCUT2D eigenvalue weighted by atomic mass is 10.4. The summed E-state index contributed by atoms with van der Waals surface area (Å²) in [5.41, 5.74) is 6.24. The SMILES string of the molecule is COc1cccnc1NCCn1cc(N)cn1. The molecule has 0 aliphatic heterocycles. The minimum atomic E-state index is 0.667. The van der Waals surface area contributed by atoms with Crippen molar-refractivity contribution in [2.45, 2.75) is 6.54 Å². The number of methoxy groups -OCH3 is 1. The normalized spacial score (nSPS) is 10.2. The lowest BCUT2D eigenvalue weighted by molar-refractivity contribution is 0.414. The van der Waals surface area contributed by atoms with Gasteiger partial charge in [-0.05, 0) is 12.1 Å². The van der Waals surface area contributed by atoms with E-state index in [4.69, 9.17) is 10.5 Å². The van der Waals surface area contributed by atoms with Gasteiger partial charge in [-0.1, -0.05) is 0 Å². The van der Waals surface area contributed by atoms with Gasteiger partial charge in [0, 0.05) is 18.9 Å². The van der Waals surface area contributed by atoms with Crippen molar-refractivity contribution in [2.24, 2.45) is 0 Å². The lowest BCUT2D eigenvalue weighted by Gasteiger charge is -2.09. The molecule has 0 bridgehead atoms. The molecule has 6 nitrogen and oxygen atoms in total. The zero-order valence-corrected chi connectivity index (χ0v) is 9.63. The fraction of sp³-hybridized carbons (Fsp3) is 0.273. The molecule has 0 aliphatic carbocycles. The molecule has 0 fully saturated rings. The molecule has 2 heterocycles. The predicted molar refractivity (Wildman–Crippen MR) is 65.9 cm³/mol. The van der Waals surface area contributed by atoms with E-state index in [2.05, 4.69) is 15.4 Å². The predicted octanol–water partition coefficient (Wildman–Crippen LogP) is 0.981. The first kappa shape index (κ1) is 11.3. The number of aromatic nitrogens is 3. The molecule has 0 saturated heterocycles. The average molecular weight is 233 g/mol. The lowest BCUT2D eigenvalue weighted by Crippen LogP contribution is -2.12. The monoisotopic (exact) mass is 233 g/mol. The maximum Gasteiger partial charge on any atom is 0.168 e. The van der Waals surface area contributed by atoms with E-state index in [1.165, 1.54) is 0 Å². The third-order valence-electron chi connectivity index (χ3n) is 2.28. The Morgan fingerprint density at radius 3 is 3.12 bits per heavy atom. The van der Waals surface area contributed by atoms with Gasteiger partial charge in [0.2, 0.25) is 0 Å². The van der Waals surface area contributed by atoms with Crippen molar-refractivity contribution >= 4 is 11.5 Å². The number of ether oxygens (including phenoxy) is 1. The number of nitrogens with one attached hydrogen (secondary N) is 1.